The molecule has 1 unspecified atom stereocenters. The first-order valence-electron chi connectivity index (χ1n) is 10.9. The summed E-state index contributed by atoms with van der Waals surface area (Å²) in [5.74, 6) is 0.133. The van der Waals surface area contributed by atoms with Crippen LogP contribution in [0.4, 0.5) is 0 Å². The first-order valence-corrected chi connectivity index (χ1v) is 13.6. The summed E-state index contributed by atoms with van der Waals surface area (Å²) in [4.78, 5) is 19.2. The van der Waals surface area contributed by atoms with E-state index in [1.165, 1.54) is 6.42 Å². The summed E-state index contributed by atoms with van der Waals surface area (Å²) in [6, 6.07) is 5.75. The summed E-state index contributed by atoms with van der Waals surface area (Å²) >= 11 is 1.57. The topological polar surface area (TPSA) is 93.9 Å². The predicted octanol–water partition coefficient (Wildman–Crippen LogP) is 3.89. The van der Waals surface area contributed by atoms with Crippen molar-refractivity contribution < 1.29 is 13.2 Å². The minimum absolute atomic E-state index is 0.0672. The number of nitrogens with zero attached hydrogens (tertiary/aromatic N) is 3. The Balaban J connectivity index is 1.62. The van der Waals surface area contributed by atoms with E-state index in [-0.39, 0.29) is 29.5 Å². The maximum absolute atomic E-state index is 13.4. The normalized spacial score (nSPS) is 21.5. The first-order chi connectivity index (χ1) is 14.9. The molecular formula is C22H26N4O3S2. The molecule has 0 bridgehead atoms. The van der Waals surface area contributed by atoms with E-state index in [1.54, 1.807) is 16.0 Å². The van der Waals surface area contributed by atoms with Gasteiger partial charge in [-0.3, -0.25) is 4.79 Å². The number of amides is 1. The van der Waals surface area contributed by atoms with Gasteiger partial charge in [0.05, 0.1) is 44.8 Å². The molecule has 1 saturated heterocycles. The summed E-state index contributed by atoms with van der Waals surface area (Å²) in [5, 5.41) is 10.6. The fourth-order valence-electron chi connectivity index (χ4n) is 4.78. The number of aryl methyl sites for hydroxylation is 1. The van der Waals surface area contributed by atoms with Crippen molar-refractivity contribution in [3.8, 4) is 10.6 Å². The minimum Gasteiger partial charge on any atom is -0.349 e. The quantitative estimate of drug-likeness (QED) is 0.640. The van der Waals surface area contributed by atoms with Gasteiger partial charge in [0, 0.05) is 6.04 Å². The summed E-state index contributed by atoms with van der Waals surface area (Å²) in [6.07, 6.45) is 6.05. The lowest BCUT2D eigenvalue weighted by atomic mass is 9.95. The molecule has 0 aromatic carbocycles. The molecule has 1 atom stereocenters. The van der Waals surface area contributed by atoms with Gasteiger partial charge >= 0.3 is 0 Å². The molecule has 4 heterocycles. The second kappa shape index (κ2) is 8.02. The van der Waals surface area contributed by atoms with Crippen LogP contribution in [-0.4, -0.2) is 46.6 Å². The summed E-state index contributed by atoms with van der Waals surface area (Å²) in [5.41, 5.74) is 2.60. The van der Waals surface area contributed by atoms with Gasteiger partial charge in [0.25, 0.3) is 5.91 Å². The van der Waals surface area contributed by atoms with Crippen LogP contribution in [0.2, 0.25) is 0 Å². The monoisotopic (exact) mass is 458 g/mol. The molecule has 2 aliphatic rings. The van der Waals surface area contributed by atoms with Crippen molar-refractivity contribution in [1.82, 2.24) is 20.1 Å². The van der Waals surface area contributed by atoms with Crippen molar-refractivity contribution in [1.29, 1.82) is 0 Å². The van der Waals surface area contributed by atoms with Gasteiger partial charge in [-0.15, -0.1) is 11.3 Å². The van der Waals surface area contributed by atoms with Crippen molar-refractivity contribution in [3.63, 3.8) is 0 Å². The molecule has 1 aliphatic carbocycles. The third-order valence-electron chi connectivity index (χ3n) is 6.35. The molecule has 31 heavy (non-hydrogen) atoms. The second-order valence-electron chi connectivity index (χ2n) is 8.63. The number of pyridine rings is 1. The lowest BCUT2D eigenvalue weighted by Gasteiger charge is -2.23. The zero-order chi connectivity index (χ0) is 21.6. The molecule has 0 spiro atoms. The van der Waals surface area contributed by atoms with Crippen LogP contribution in [0.1, 0.15) is 60.6 Å². The minimum atomic E-state index is -3.07. The third kappa shape index (κ3) is 4.01. The molecule has 0 radical (unpaired) electrons. The maximum Gasteiger partial charge on any atom is 0.252 e. The number of hydrogen-bond donors (Lipinski definition) is 1. The Morgan fingerprint density at radius 3 is 2.71 bits per heavy atom. The molecule has 1 amide bonds. The molecule has 9 heteroatoms. The van der Waals surface area contributed by atoms with Gasteiger partial charge in [0.15, 0.2) is 15.5 Å². The highest BCUT2D eigenvalue weighted by Gasteiger charge is 2.32. The van der Waals surface area contributed by atoms with Crippen molar-refractivity contribution >= 4 is 38.1 Å². The average molecular weight is 459 g/mol. The molecular weight excluding hydrogens is 432 g/mol. The van der Waals surface area contributed by atoms with E-state index in [4.69, 9.17) is 4.98 Å². The number of carbonyl (C=O) groups excluding carboxylic acids is 1. The zero-order valence-electron chi connectivity index (χ0n) is 17.5. The lowest BCUT2D eigenvalue weighted by Crippen LogP contribution is -2.36. The van der Waals surface area contributed by atoms with Crippen LogP contribution in [0.5, 0.6) is 0 Å². The number of hydrogen-bond acceptors (Lipinski definition) is 6. The van der Waals surface area contributed by atoms with Gasteiger partial charge in [-0.1, -0.05) is 25.3 Å². The highest BCUT2D eigenvalue weighted by molar-refractivity contribution is 7.91. The SMILES string of the molecule is Cc1nn(C2CCS(=O)(=O)C2)c2nc(-c3cccs3)cc(C(=O)NC3CCCCC3)c12. The van der Waals surface area contributed by atoms with Crippen molar-refractivity contribution in [2.75, 3.05) is 11.5 Å². The molecule has 3 aromatic rings. The van der Waals surface area contributed by atoms with Crippen LogP contribution in [-0.2, 0) is 9.84 Å². The highest BCUT2D eigenvalue weighted by atomic mass is 32.2. The van der Waals surface area contributed by atoms with E-state index in [2.05, 4.69) is 10.4 Å². The maximum atomic E-state index is 13.4. The number of sulfone groups is 1. The van der Waals surface area contributed by atoms with Crippen LogP contribution in [0.3, 0.4) is 0 Å². The van der Waals surface area contributed by atoms with Crippen LogP contribution in [0, 0.1) is 6.92 Å². The molecule has 1 aliphatic heterocycles. The van der Waals surface area contributed by atoms with E-state index in [0.29, 0.717) is 23.3 Å². The Morgan fingerprint density at radius 1 is 1.23 bits per heavy atom. The Morgan fingerprint density at radius 2 is 2.03 bits per heavy atom. The molecule has 7 nitrogen and oxygen atoms in total. The standard InChI is InChI=1S/C22H26N4O3S2/c1-14-20-17(22(27)23-15-6-3-2-4-7-15)12-18(19-8-5-10-30-19)24-21(20)26(25-14)16-9-11-31(28,29)13-16/h5,8,10,12,15-16H,2-4,6-7,9,11,13H2,1H3,(H,23,27). The molecule has 3 aromatic heterocycles. The molecule has 1 N–H and O–H groups in total. The van der Waals surface area contributed by atoms with Gasteiger partial charge in [0.2, 0.25) is 0 Å². The van der Waals surface area contributed by atoms with Gasteiger partial charge in [-0.2, -0.15) is 5.10 Å². The van der Waals surface area contributed by atoms with E-state index < -0.39 is 9.84 Å². The van der Waals surface area contributed by atoms with E-state index in [9.17, 15) is 13.2 Å². The summed E-state index contributed by atoms with van der Waals surface area (Å²) in [7, 11) is -3.07. The van der Waals surface area contributed by atoms with Crippen molar-refractivity contribution in [2.24, 2.45) is 0 Å². The van der Waals surface area contributed by atoms with Gasteiger partial charge in [-0.25, -0.2) is 18.1 Å². The Labute approximate surface area is 185 Å². The number of nitrogens with one attached hydrogen (secondary N) is 1. The number of rotatable bonds is 4. The second-order valence-corrected chi connectivity index (χ2v) is 11.8. The van der Waals surface area contributed by atoms with Gasteiger partial charge in [0.1, 0.15) is 0 Å². The smallest absolute Gasteiger partial charge is 0.252 e. The van der Waals surface area contributed by atoms with Crippen LogP contribution >= 0.6 is 11.3 Å². The summed E-state index contributed by atoms with van der Waals surface area (Å²) < 4.78 is 25.9. The number of fused-ring (bicyclic) bond motifs is 1. The van der Waals surface area contributed by atoms with Crippen molar-refractivity contribution in [2.45, 2.75) is 57.5 Å². The Kier molecular flexibility index (Phi) is 5.34. The number of thiophene rings is 1. The fourth-order valence-corrected chi connectivity index (χ4v) is 7.15. The van der Waals surface area contributed by atoms with Crippen LogP contribution in [0.15, 0.2) is 23.6 Å². The molecule has 164 valence electrons. The molecule has 2 fully saturated rings. The number of carbonyl (C=O) groups is 1. The Hall–Kier alpha value is -2.26. The van der Waals surface area contributed by atoms with E-state index in [1.807, 2.05) is 30.5 Å². The number of aromatic nitrogens is 3. The average Bonchev–Trinajstić information content (AvgIpc) is 3.47. The van der Waals surface area contributed by atoms with Crippen molar-refractivity contribution in [3.05, 3.63) is 34.8 Å². The summed E-state index contributed by atoms with van der Waals surface area (Å²) in [6.45, 7) is 1.87. The molecule has 5 rings (SSSR count). The largest absolute Gasteiger partial charge is 0.349 e. The third-order valence-corrected chi connectivity index (χ3v) is 8.99. The van der Waals surface area contributed by atoms with E-state index >= 15 is 0 Å². The lowest BCUT2D eigenvalue weighted by molar-refractivity contribution is 0.0929. The molecule has 1 saturated carbocycles. The first kappa shape index (κ1) is 20.6. The predicted molar refractivity (Wildman–Crippen MR) is 122 cm³/mol. The van der Waals surface area contributed by atoms with Crippen LogP contribution in [0.25, 0.3) is 21.6 Å². The highest BCUT2D eigenvalue weighted by Crippen LogP contribution is 2.33. The van der Waals surface area contributed by atoms with Gasteiger partial charge < -0.3 is 5.32 Å². The van der Waals surface area contributed by atoms with E-state index in [0.717, 1.165) is 41.6 Å². The fraction of sp³-hybridized carbons (Fsp3) is 0.500. The zero-order valence-corrected chi connectivity index (χ0v) is 19.1. The van der Waals surface area contributed by atoms with Gasteiger partial charge in [-0.05, 0) is 43.7 Å². The van der Waals surface area contributed by atoms with Crippen LogP contribution < -0.4 is 5.32 Å². The Bertz CT molecular complexity index is 1230.